The number of benzene rings is 1. The van der Waals surface area contributed by atoms with E-state index < -0.39 is 29.6 Å². The van der Waals surface area contributed by atoms with Gasteiger partial charge in [0, 0.05) is 32.7 Å². The Balaban J connectivity index is 1.68. The van der Waals surface area contributed by atoms with Crippen molar-refractivity contribution in [2.45, 2.75) is 12.8 Å². The molecule has 4 amide bonds. The summed E-state index contributed by atoms with van der Waals surface area (Å²) in [5.41, 5.74) is 0.613. The first-order chi connectivity index (χ1) is 13.2. The van der Waals surface area contributed by atoms with Gasteiger partial charge in [-0.2, -0.15) is 0 Å². The Labute approximate surface area is 161 Å². The van der Waals surface area contributed by atoms with Crippen LogP contribution >= 0.6 is 0 Å². The van der Waals surface area contributed by atoms with Crippen molar-refractivity contribution in [1.29, 1.82) is 0 Å². The zero-order chi connectivity index (χ0) is 20.6. The molecule has 9 nitrogen and oxygen atoms in total. The number of imide groups is 1. The number of carbonyl (C=O) groups is 5. The van der Waals surface area contributed by atoms with E-state index in [9.17, 15) is 24.0 Å². The molecule has 2 aliphatic heterocycles. The first-order valence-electron chi connectivity index (χ1n) is 8.93. The zero-order valence-corrected chi connectivity index (χ0v) is 15.7. The summed E-state index contributed by atoms with van der Waals surface area (Å²) in [6, 6.07) is 4.25. The molecule has 0 aliphatic carbocycles. The third-order valence-corrected chi connectivity index (χ3v) is 5.18. The standard InChI is InChI=1S/C19H21N3O6/c1-20(10-15(23)22-7-3-4-12(9-22)19(27)28)16(24)11-5-6-13-14(8-11)18(26)21(2)17(13)25/h5-6,8,12H,3-4,7,9-10H2,1-2H3,(H,27,28). The Kier molecular flexibility index (Phi) is 5.17. The fourth-order valence-electron chi connectivity index (χ4n) is 3.49. The topological polar surface area (TPSA) is 115 Å². The number of carbonyl (C=O) groups excluding carboxylic acids is 4. The molecule has 0 spiro atoms. The normalized spacial score (nSPS) is 18.9. The molecule has 28 heavy (non-hydrogen) atoms. The maximum atomic E-state index is 12.7. The molecular weight excluding hydrogens is 366 g/mol. The molecule has 148 valence electrons. The van der Waals surface area contributed by atoms with Gasteiger partial charge in [-0.3, -0.25) is 28.9 Å². The van der Waals surface area contributed by atoms with Crippen molar-refractivity contribution < 1.29 is 29.1 Å². The second-order valence-electron chi connectivity index (χ2n) is 7.11. The highest BCUT2D eigenvalue weighted by atomic mass is 16.4. The summed E-state index contributed by atoms with van der Waals surface area (Å²) >= 11 is 0. The summed E-state index contributed by atoms with van der Waals surface area (Å²) in [5, 5.41) is 9.13. The lowest BCUT2D eigenvalue weighted by molar-refractivity contribution is -0.145. The van der Waals surface area contributed by atoms with Gasteiger partial charge in [-0.25, -0.2) is 0 Å². The van der Waals surface area contributed by atoms with Crippen molar-refractivity contribution in [1.82, 2.24) is 14.7 Å². The minimum Gasteiger partial charge on any atom is -0.481 e. The molecule has 1 fully saturated rings. The van der Waals surface area contributed by atoms with Crippen LogP contribution in [0.3, 0.4) is 0 Å². The van der Waals surface area contributed by atoms with Crippen molar-refractivity contribution in [2.24, 2.45) is 5.92 Å². The highest BCUT2D eigenvalue weighted by Gasteiger charge is 2.34. The van der Waals surface area contributed by atoms with Crippen molar-refractivity contribution in [3.63, 3.8) is 0 Å². The van der Waals surface area contributed by atoms with Crippen LogP contribution < -0.4 is 0 Å². The van der Waals surface area contributed by atoms with E-state index in [0.717, 1.165) is 4.90 Å². The average molecular weight is 387 g/mol. The number of carboxylic acid groups (broad SMARTS) is 1. The summed E-state index contributed by atoms with van der Waals surface area (Å²) < 4.78 is 0. The number of amides is 4. The van der Waals surface area contributed by atoms with Gasteiger partial charge < -0.3 is 14.9 Å². The quantitative estimate of drug-likeness (QED) is 0.744. The van der Waals surface area contributed by atoms with E-state index in [1.807, 2.05) is 0 Å². The lowest BCUT2D eigenvalue weighted by Crippen LogP contribution is -2.46. The Bertz CT molecular complexity index is 880. The van der Waals surface area contributed by atoms with Gasteiger partial charge in [0.05, 0.1) is 23.6 Å². The molecule has 1 aromatic rings. The minimum absolute atomic E-state index is 0.137. The van der Waals surface area contributed by atoms with Crippen LogP contribution in [0.4, 0.5) is 0 Å². The van der Waals surface area contributed by atoms with Gasteiger partial charge in [0.1, 0.15) is 0 Å². The van der Waals surface area contributed by atoms with Crippen LogP contribution in [0.1, 0.15) is 43.9 Å². The van der Waals surface area contributed by atoms with Gasteiger partial charge in [0.2, 0.25) is 5.91 Å². The van der Waals surface area contributed by atoms with Gasteiger partial charge in [-0.1, -0.05) is 0 Å². The number of likely N-dealkylation sites (tertiary alicyclic amines) is 1. The van der Waals surface area contributed by atoms with Crippen molar-refractivity contribution in [3.05, 3.63) is 34.9 Å². The van der Waals surface area contributed by atoms with E-state index in [4.69, 9.17) is 5.11 Å². The second kappa shape index (κ2) is 7.41. The van der Waals surface area contributed by atoms with Crippen LogP contribution in [-0.2, 0) is 9.59 Å². The number of piperidine rings is 1. The number of hydrogen-bond acceptors (Lipinski definition) is 5. The van der Waals surface area contributed by atoms with Crippen LogP contribution in [0.5, 0.6) is 0 Å². The first kappa shape index (κ1) is 19.5. The summed E-state index contributed by atoms with van der Waals surface area (Å²) in [7, 11) is 2.84. The summed E-state index contributed by atoms with van der Waals surface area (Å²) in [6.45, 7) is 0.402. The Hall–Kier alpha value is -3.23. The van der Waals surface area contributed by atoms with Crippen LogP contribution in [0.15, 0.2) is 18.2 Å². The molecule has 3 rings (SSSR count). The van der Waals surface area contributed by atoms with E-state index in [2.05, 4.69) is 0 Å². The van der Waals surface area contributed by atoms with Crippen molar-refractivity contribution in [3.8, 4) is 0 Å². The van der Waals surface area contributed by atoms with E-state index in [1.165, 1.54) is 42.1 Å². The lowest BCUT2D eigenvalue weighted by atomic mass is 9.98. The molecule has 2 heterocycles. The second-order valence-corrected chi connectivity index (χ2v) is 7.11. The zero-order valence-electron chi connectivity index (χ0n) is 15.7. The van der Waals surface area contributed by atoms with Gasteiger partial charge in [-0.05, 0) is 31.0 Å². The molecule has 0 saturated carbocycles. The molecule has 9 heteroatoms. The van der Waals surface area contributed by atoms with Crippen LogP contribution in [0.2, 0.25) is 0 Å². The predicted molar refractivity (Wildman–Crippen MR) is 96.8 cm³/mol. The molecule has 1 N–H and O–H groups in total. The predicted octanol–water partition coefficient (Wildman–Crippen LogP) is 0.308. The molecular formula is C19H21N3O6. The van der Waals surface area contributed by atoms with Crippen LogP contribution in [-0.4, -0.2) is 83.1 Å². The fourth-order valence-corrected chi connectivity index (χ4v) is 3.49. The monoisotopic (exact) mass is 387 g/mol. The smallest absolute Gasteiger partial charge is 0.308 e. The molecule has 1 unspecified atom stereocenters. The average Bonchev–Trinajstić information content (AvgIpc) is 2.91. The summed E-state index contributed by atoms with van der Waals surface area (Å²) in [5.74, 6) is -3.19. The Morgan fingerprint density at radius 1 is 1.18 bits per heavy atom. The molecule has 0 bridgehead atoms. The third kappa shape index (κ3) is 3.47. The Morgan fingerprint density at radius 2 is 1.86 bits per heavy atom. The van der Waals surface area contributed by atoms with E-state index >= 15 is 0 Å². The maximum absolute atomic E-state index is 12.7. The molecule has 1 atom stereocenters. The molecule has 2 aliphatic rings. The van der Waals surface area contributed by atoms with Gasteiger partial charge in [0.25, 0.3) is 17.7 Å². The van der Waals surface area contributed by atoms with Gasteiger partial charge in [-0.15, -0.1) is 0 Å². The van der Waals surface area contributed by atoms with Gasteiger partial charge >= 0.3 is 5.97 Å². The number of rotatable bonds is 4. The molecule has 0 radical (unpaired) electrons. The van der Waals surface area contributed by atoms with E-state index in [1.54, 1.807) is 0 Å². The van der Waals surface area contributed by atoms with Crippen LogP contribution in [0, 0.1) is 5.92 Å². The largest absolute Gasteiger partial charge is 0.481 e. The van der Waals surface area contributed by atoms with E-state index in [-0.39, 0.29) is 35.7 Å². The summed E-state index contributed by atoms with van der Waals surface area (Å²) in [6.07, 6.45) is 1.14. The highest BCUT2D eigenvalue weighted by molar-refractivity contribution is 6.21. The number of hydrogen-bond donors (Lipinski definition) is 1. The lowest BCUT2D eigenvalue weighted by Gasteiger charge is -2.32. The summed E-state index contributed by atoms with van der Waals surface area (Å²) in [4.78, 5) is 64.0. The Morgan fingerprint density at radius 3 is 2.54 bits per heavy atom. The van der Waals surface area contributed by atoms with Crippen molar-refractivity contribution >= 4 is 29.6 Å². The number of likely N-dealkylation sites (N-methyl/N-ethyl adjacent to an activating group) is 1. The number of fused-ring (bicyclic) bond motifs is 1. The molecule has 0 aromatic heterocycles. The maximum Gasteiger partial charge on any atom is 0.308 e. The minimum atomic E-state index is -0.927. The van der Waals surface area contributed by atoms with E-state index in [0.29, 0.717) is 19.4 Å². The fraction of sp³-hybridized carbons (Fsp3) is 0.421. The molecule has 1 saturated heterocycles. The van der Waals surface area contributed by atoms with Gasteiger partial charge in [0.15, 0.2) is 0 Å². The number of aliphatic carboxylic acids is 1. The third-order valence-electron chi connectivity index (χ3n) is 5.18. The van der Waals surface area contributed by atoms with Crippen molar-refractivity contribution in [2.75, 3.05) is 33.7 Å². The number of carboxylic acids is 1. The van der Waals surface area contributed by atoms with Crippen LogP contribution in [0.25, 0.3) is 0 Å². The number of nitrogens with zero attached hydrogens (tertiary/aromatic N) is 3. The highest BCUT2D eigenvalue weighted by Crippen LogP contribution is 2.23. The molecule has 1 aromatic carbocycles. The first-order valence-corrected chi connectivity index (χ1v) is 8.93. The SMILES string of the molecule is CN(CC(=O)N1CCCC(C(=O)O)C1)C(=O)c1ccc2c(c1)C(=O)N(C)C2=O.